The number of carboxylic acid groups (broad SMARTS) is 1. The van der Waals surface area contributed by atoms with Crippen LogP contribution in [0.4, 0.5) is 0 Å². The van der Waals surface area contributed by atoms with E-state index < -0.39 is 11.9 Å². The van der Waals surface area contributed by atoms with Crippen LogP contribution in [0.15, 0.2) is 24.3 Å². The first-order chi connectivity index (χ1) is 11.5. The first-order valence-electron chi connectivity index (χ1n) is 8.52. The minimum absolute atomic E-state index is 0. The van der Waals surface area contributed by atoms with E-state index >= 15 is 0 Å². The van der Waals surface area contributed by atoms with Crippen molar-refractivity contribution in [1.82, 2.24) is 9.80 Å². The van der Waals surface area contributed by atoms with Crippen molar-refractivity contribution >= 4 is 36.7 Å². The minimum atomic E-state index is -0.831. The van der Waals surface area contributed by atoms with E-state index in [9.17, 15) is 9.59 Å². The fourth-order valence-electron chi connectivity index (χ4n) is 2.86. The Morgan fingerprint density at radius 1 is 1.19 bits per heavy atom. The van der Waals surface area contributed by atoms with Crippen LogP contribution in [0.3, 0.4) is 0 Å². The zero-order valence-electron chi connectivity index (χ0n) is 15.2. The molecular formula is C18H28Cl2N2O4. The molecule has 1 aromatic carbocycles. The number of carbonyl (C=O) groups is 2. The summed E-state index contributed by atoms with van der Waals surface area (Å²) in [6.07, 6.45) is 0.521. The molecule has 0 saturated carbocycles. The number of hydrogen-bond acceptors (Lipinski definition) is 4. The third-order valence-electron chi connectivity index (χ3n) is 4.50. The van der Waals surface area contributed by atoms with E-state index in [1.165, 1.54) is 0 Å². The first-order valence-corrected chi connectivity index (χ1v) is 8.52. The highest BCUT2D eigenvalue weighted by atomic mass is 35.5. The predicted octanol–water partition coefficient (Wildman–Crippen LogP) is 2.80. The average molecular weight is 407 g/mol. The molecular weight excluding hydrogens is 379 g/mol. The molecule has 2 rings (SSSR count). The Bertz CT molecular complexity index is 565. The maximum atomic E-state index is 12.4. The van der Waals surface area contributed by atoms with Gasteiger partial charge >= 0.3 is 5.97 Å². The van der Waals surface area contributed by atoms with E-state index in [2.05, 4.69) is 18.7 Å². The van der Waals surface area contributed by atoms with Crippen molar-refractivity contribution < 1.29 is 19.4 Å². The number of carboxylic acids is 1. The topological polar surface area (TPSA) is 70.1 Å². The molecule has 0 radical (unpaired) electrons. The molecule has 0 aromatic heterocycles. The lowest BCUT2D eigenvalue weighted by atomic mass is 10.1. The van der Waals surface area contributed by atoms with E-state index in [4.69, 9.17) is 9.84 Å². The van der Waals surface area contributed by atoms with Crippen LogP contribution < -0.4 is 4.74 Å². The van der Waals surface area contributed by atoms with Crippen LogP contribution in [0.2, 0.25) is 0 Å². The largest absolute Gasteiger partial charge is 0.492 e. The third-order valence-corrected chi connectivity index (χ3v) is 4.50. The van der Waals surface area contributed by atoms with Crippen molar-refractivity contribution in [3.8, 4) is 5.75 Å². The number of nitrogens with zero attached hydrogens (tertiary/aromatic N) is 2. The molecule has 26 heavy (non-hydrogen) atoms. The number of aliphatic carboxylic acids is 1. The van der Waals surface area contributed by atoms with Gasteiger partial charge in [-0.1, -0.05) is 13.8 Å². The number of likely N-dealkylation sites (tertiary alicyclic amines) is 1. The van der Waals surface area contributed by atoms with E-state index in [0.717, 1.165) is 25.4 Å². The van der Waals surface area contributed by atoms with Gasteiger partial charge in [0.25, 0.3) is 5.91 Å². The van der Waals surface area contributed by atoms with Gasteiger partial charge in [-0.15, -0.1) is 24.8 Å². The Kier molecular flexibility index (Phi) is 11.3. The van der Waals surface area contributed by atoms with Crippen molar-refractivity contribution in [1.29, 1.82) is 0 Å². The third kappa shape index (κ3) is 6.67. The van der Waals surface area contributed by atoms with Crippen LogP contribution in [-0.4, -0.2) is 66.1 Å². The van der Waals surface area contributed by atoms with Crippen LogP contribution in [0.25, 0.3) is 0 Å². The molecule has 1 atom stereocenters. The number of likely N-dealkylation sites (N-methyl/N-ethyl adjacent to an activating group) is 1. The number of carbonyl (C=O) groups excluding carboxylic acids is 1. The van der Waals surface area contributed by atoms with Crippen LogP contribution in [-0.2, 0) is 4.79 Å². The smallest absolute Gasteiger partial charge is 0.308 e. The summed E-state index contributed by atoms with van der Waals surface area (Å²) in [7, 11) is 0. The number of ether oxygens (including phenoxy) is 1. The van der Waals surface area contributed by atoms with Gasteiger partial charge in [-0.2, -0.15) is 0 Å². The molecule has 1 aromatic rings. The molecule has 1 N–H and O–H groups in total. The van der Waals surface area contributed by atoms with Gasteiger partial charge in [0, 0.05) is 25.2 Å². The molecule has 1 aliphatic rings. The molecule has 6 nitrogen and oxygen atoms in total. The molecule has 1 saturated heterocycles. The minimum Gasteiger partial charge on any atom is -0.492 e. The van der Waals surface area contributed by atoms with Crippen molar-refractivity contribution in [2.45, 2.75) is 20.3 Å². The van der Waals surface area contributed by atoms with Crippen molar-refractivity contribution in [3.63, 3.8) is 0 Å². The van der Waals surface area contributed by atoms with Gasteiger partial charge in [-0.3, -0.25) is 9.59 Å². The van der Waals surface area contributed by atoms with Gasteiger partial charge in [0.1, 0.15) is 12.4 Å². The zero-order chi connectivity index (χ0) is 17.5. The van der Waals surface area contributed by atoms with Gasteiger partial charge < -0.3 is 19.6 Å². The van der Waals surface area contributed by atoms with Crippen LogP contribution in [0, 0.1) is 5.92 Å². The fraction of sp³-hybridized carbons (Fsp3) is 0.556. The number of hydrogen-bond donors (Lipinski definition) is 1. The Hall–Kier alpha value is -1.50. The molecule has 1 aliphatic heterocycles. The van der Waals surface area contributed by atoms with Crippen molar-refractivity contribution in [3.05, 3.63) is 29.8 Å². The lowest BCUT2D eigenvalue weighted by molar-refractivity contribution is -0.141. The van der Waals surface area contributed by atoms with Crippen LogP contribution in [0.1, 0.15) is 30.6 Å². The molecule has 0 aliphatic carbocycles. The highest BCUT2D eigenvalue weighted by molar-refractivity contribution is 5.95. The maximum Gasteiger partial charge on any atom is 0.308 e. The normalized spacial score (nSPS) is 16.0. The Labute approximate surface area is 167 Å². The van der Waals surface area contributed by atoms with Crippen LogP contribution >= 0.6 is 24.8 Å². The standard InChI is InChI=1S/C18H26N2O4.2ClH/c1-3-19(4-2)11-12-24-16-7-5-14(6-8-16)17(21)20-10-9-15(13-20)18(22)23;;/h5-8,15H,3-4,9-13H2,1-2H3,(H,22,23);2*1H. The molecule has 0 bridgehead atoms. The molecule has 8 heteroatoms. The highest BCUT2D eigenvalue weighted by Crippen LogP contribution is 2.20. The second-order valence-corrected chi connectivity index (χ2v) is 5.97. The van der Waals surface area contributed by atoms with Gasteiger partial charge in [-0.05, 0) is 43.8 Å². The molecule has 148 valence electrons. The predicted molar refractivity (Wildman–Crippen MR) is 106 cm³/mol. The molecule has 1 unspecified atom stereocenters. The van der Waals surface area contributed by atoms with E-state index in [0.29, 0.717) is 25.1 Å². The second kappa shape index (κ2) is 12.0. The summed E-state index contributed by atoms with van der Waals surface area (Å²) in [6, 6.07) is 7.06. The monoisotopic (exact) mass is 406 g/mol. The summed E-state index contributed by atoms with van der Waals surface area (Å²) in [5.74, 6) is -0.657. The number of amides is 1. The lowest BCUT2D eigenvalue weighted by Gasteiger charge is -2.18. The quantitative estimate of drug-likeness (QED) is 0.718. The van der Waals surface area contributed by atoms with Crippen LogP contribution in [0.5, 0.6) is 5.75 Å². The van der Waals surface area contributed by atoms with E-state index in [1.807, 2.05) is 0 Å². The summed E-state index contributed by atoms with van der Waals surface area (Å²) in [6.45, 7) is 8.52. The maximum absolute atomic E-state index is 12.4. The molecule has 1 amide bonds. The number of benzene rings is 1. The van der Waals surface area contributed by atoms with Gasteiger partial charge in [0.05, 0.1) is 5.92 Å². The van der Waals surface area contributed by atoms with Gasteiger partial charge in [-0.25, -0.2) is 0 Å². The lowest BCUT2D eigenvalue weighted by Crippen LogP contribution is -2.30. The Morgan fingerprint density at radius 3 is 2.31 bits per heavy atom. The molecule has 1 fully saturated rings. The SMILES string of the molecule is CCN(CC)CCOc1ccc(C(=O)N2CCC(C(=O)O)C2)cc1.Cl.Cl. The number of halogens is 2. The Balaban J connectivity index is 0.00000312. The molecule has 1 heterocycles. The summed E-state index contributed by atoms with van der Waals surface area (Å²) in [4.78, 5) is 27.3. The summed E-state index contributed by atoms with van der Waals surface area (Å²) < 4.78 is 5.70. The number of rotatable bonds is 8. The summed E-state index contributed by atoms with van der Waals surface area (Å²) in [5, 5.41) is 9.02. The van der Waals surface area contributed by atoms with Gasteiger partial charge in [0.2, 0.25) is 0 Å². The average Bonchev–Trinajstić information content (AvgIpc) is 3.09. The summed E-state index contributed by atoms with van der Waals surface area (Å²) >= 11 is 0. The van der Waals surface area contributed by atoms with Crippen molar-refractivity contribution in [2.75, 3.05) is 39.3 Å². The first kappa shape index (κ1) is 24.5. The van der Waals surface area contributed by atoms with E-state index in [-0.39, 0.29) is 37.3 Å². The zero-order valence-corrected chi connectivity index (χ0v) is 16.9. The van der Waals surface area contributed by atoms with E-state index in [1.54, 1.807) is 29.2 Å². The summed E-state index contributed by atoms with van der Waals surface area (Å²) in [5.41, 5.74) is 0.567. The molecule has 0 spiro atoms. The fourth-order valence-corrected chi connectivity index (χ4v) is 2.86. The second-order valence-electron chi connectivity index (χ2n) is 5.97. The van der Waals surface area contributed by atoms with Gasteiger partial charge in [0.15, 0.2) is 0 Å². The van der Waals surface area contributed by atoms with Crippen molar-refractivity contribution in [2.24, 2.45) is 5.92 Å². The Morgan fingerprint density at radius 2 is 1.81 bits per heavy atom. The highest BCUT2D eigenvalue weighted by Gasteiger charge is 2.31.